The summed E-state index contributed by atoms with van der Waals surface area (Å²) in [4.78, 5) is 28.7. The predicted octanol–water partition coefficient (Wildman–Crippen LogP) is 4.02. The number of Topliss-reactive ketones (excluding diaryl/α,β-unsaturated/α-hetero) is 1. The van der Waals surface area contributed by atoms with Gasteiger partial charge in [-0.15, -0.1) is 21.5 Å². The van der Waals surface area contributed by atoms with Gasteiger partial charge in [0.2, 0.25) is 11.0 Å². The zero-order valence-electron chi connectivity index (χ0n) is 14.9. The van der Waals surface area contributed by atoms with Crippen molar-refractivity contribution < 1.29 is 9.59 Å². The topological polar surface area (TPSA) is 84.8 Å². The van der Waals surface area contributed by atoms with Crippen LogP contribution in [0.15, 0.2) is 34.0 Å². The van der Waals surface area contributed by atoms with Crippen LogP contribution in [-0.4, -0.2) is 32.6 Å². The highest BCUT2D eigenvalue weighted by atomic mass is 32.2. The van der Waals surface area contributed by atoms with Crippen molar-refractivity contribution in [1.29, 1.82) is 0 Å². The first kappa shape index (κ1) is 19.7. The number of hydrogen-bond acceptors (Lipinski definition) is 8. The fourth-order valence-electron chi connectivity index (χ4n) is 2.25. The third-order valence-electron chi connectivity index (χ3n) is 3.66. The molecule has 3 rings (SSSR count). The Morgan fingerprint density at radius 1 is 1.19 bits per heavy atom. The second kappa shape index (κ2) is 9.20. The van der Waals surface area contributed by atoms with E-state index in [2.05, 4.69) is 27.4 Å². The largest absolute Gasteiger partial charge is 0.300 e. The summed E-state index contributed by atoms with van der Waals surface area (Å²) in [5.74, 6) is 0.221. The maximum absolute atomic E-state index is 12.3. The van der Waals surface area contributed by atoms with Crippen LogP contribution in [0.5, 0.6) is 0 Å². The van der Waals surface area contributed by atoms with E-state index in [4.69, 9.17) is 0 Å². The molecule has 6 nitrogen and oxygen atoms in total. The quantitative estimate of drug-likeness (QED) is 0.439. The molecule has 0 radical (unpaired) electrons. The molecular formula is C18H18N4O2S3. The number of carbonyl (C=O) groups excluding carboxylic acids is 2. The van der Waals surface area contributed by atoms with E-state index < -0.39 is 0 Å². The van der Waals surface area contributed by atoms with Gasteiger partial charge in [-0.3, -0.25) is 9.59 Å². The zero-order chi connectivity index (χ0) is 19.2. The summed E-state index contributed by atoms with van der Waals surface area (Å²) >= 11 is 4.16. The Morgan fingerprint density at radius 3 is 2.63 bits per heavy atom. The molecule has 9 heteroatoms. The lowest BCUT2D eigenvalue weighted by Crippen LogP contribution is -2.14. The summed E-state index contributed by atoms with van der Waals surface area (Å²) in [6, 6.07) is 7.71. The number of aromatic nitrogens is 3. The number of benzene rings is 1. The minimum atomic E-state index is -0.180. The van der Waals surface area contributed by atoms with Crippen molar-refractivity contribution in [3.8, 4) is 0 Å². The lowest BCUT2D eigenvalue weighted by atomic mass is 10.1. The number of anilines is 1. The Morgan fingerprint density at radius 2 is 1.96 bits per heavy atom. The minimum Gasteiger partial charge on any atom is -0.300 e. The fraction of sp³-hybridized carbons (Fsp3) is 0.278. The molecule has 140 valence electrons. The third kappa shape index (κ3) is 5.69. The minimum absolute atomic E-state index is 0.0729. The predicted molar refractivity (Wildman–Crippen MR) is 110 cm³/mol. The second-order valence-corrected chi connectivity index (χ2v) is 8.98. The van der Waals surface area contributed by atoms with Gasteiger partial charge < -0.3 is 5.32 Å². The SMILES string of the molecule is CCc1ccc(C(=O)CSc2nc(CC(=O)Nc3nnc(C)s3)cs2)cc1. The number of ketones is 1. The van der Waals surface area contributed by atoms with Gasteiger partial charge in [0.15, 0.2) is 10.1 Å². The van der Waals surface area contributed by atoms with E-state index in [0.29, 0.717) is 22.1 Å². The Hall–Kier alpha value is -2.10. The van der Waals surface area contributed by atoms with Crippen LogP contribution in [0.4, 0.5) is 5.13 Å². The van der Waals surface area contributed by atoms with Crippen LogP contribution >= 0.6 is 34.4 Å². The Labute approximate surface area is 169 Å². The van der Waals surface area contributed by atoms with Crippen LogP contribution in [0, 0.1) is 6.92 Å². The lowest BCUT2D eigenvalue weighted by Gasteiger charge is -2.01. The molecule has 27 heavy (non-hydrogen) atoms. The van der Waals surface area contributed by atoms with Crippen LogP contribution in [-0.2, 0) is 17.6 Å². The smallest absolute Gasteiger partial charge is 0.232 e. The van der Waals surface area contributed by atoms with E-state index in [0.717, 1.165) is 15.8 Å². The van der Waals surface area contributed by atoms with Crippen LogP contribution in [0.3, 0.4) is 0 Å². The van der Waals surface area contributed by atoms with Crippen molar-refractivity contribution in [3.05, 3.63) is 51.5 Å². The van der Waals surface area contributed by atoms with Gasteiger partial charge in [0.05, 0.1) is 17.9 Å². The Bertz CT molecular complexity index is 934. The average molecular weight is 419 g/mol. The third-order valence-corrected chi connectivity index (χ3v) is 6.48. The molecule has 0 saturated carbocycles. The van der Waals surface area contributed by atoms with Gasteiger partial charge in [0, 0.05) is 10.9 Å². The number of thiazole rings is 1. The summed E-state index contributed by atoms with van der Waals surface area (Å²) in [5, 5.41) is 13.6. The molecule has 3 aromatic rings. The fourth-order valence-corrected chi connectivity index (χ4v) is 4.60. The van der Waals surface area contributed by atoms with E-state index in [1.807, 2.05) is 36.6 Å². The summed E-state index contributed by atoms with van der Waals surface area (Å²) in [5.41, 5.74) is 2.61. The van der Waals surface area contributed by atoms with Crippen molar-refractivity contribution in [1.82, 2.24) is 15.2 Å². The first-order valence-corrected chi connectivity index (χ1v) is 11.0. The first-order chi connectivity index (χ1) is 13.0. The van der Waals surface area contributed by atoms with E-state index in [9.17, 15) is 9.59 Å². The molecule has 0 bridgehead atoms. The van der Waals surface area contributed by atoms with Crippen LogP contribution in [0.25, 0.3) is 0 Å². The number of nitrogens with zero attached hydrogens (tertiary/aromatic N) is 3. The first-order valence-electron chi connectivity index (χ1n) is 8.32. The van der Waals surface area contributed by atoms with Gasteiger partial charge in [-0.25, -0.2) is 4.98 Å². The van der Waals surface area contributed by atoms with Crippen LogP contribution < -0.4 is 5.32 Å². The molecule has 0 fully saturated rings. The summed E-state index contributed by atoms with van der Waals surface area (Å²) in [6.07, 6.45) is 1.12. The van der Waals surface area contributed by atoms with E-state index >= 15 is 0 Å². The molecule has 0 atom stereocenters. The summed E-state index contributed by atoms with van der Waals surface area (Å²) in [7, 11) is 0. The number of thioether (sulfide) groups is 1. The molecule has 1 amide bonds. The maximum Gasteiger partial charge on any atom is 0.232 e. The van der Waals surface area contributed by atoms with Gasteiger partial charge in [-0.1, -0.05) is 54.3 Å². The van der Waals surface area contributed by atoms with Gasteiger partial charge in [-0.2, -0.15) is 0 Å². The Kier molecular flexibility index (Phi) is 6.70. The highest BCUT2D eigenvalue weighted by Crippen LogP contribution is 2.24. The van der Waals surface area contributed by atoms with E-state index in [-0.39, 0.29) is 18.1 Å². The van der Waals surface area contributed by atoms with E-state index in [1.54, 1.807) is 0 Å². The number of aryl methyl sites for hydroxylation is 2. The van der Waals surface area contributed by atoms with Crippen molar-refractivity contribution in [2.75, 3.05) is 11.1 Å². The molecular weight excluding hydrogens is 400 g/mol. The summed E-state index contributed by atoms with van der Waals surface area (Å²) in [6.45, 7) is 3.92. The molecule has 0 saturated heterocycles. The molecule has 0 unspecified atom stereocenters. The average Bonchev–Trinajstić information content (AvgIpc) is 3.28. The van der Waals surface area contributed by atoms with Gasteiger partial charge >= 0.3 is 0 Å². The molecule has 0 aliphatic rings. The molecule has 2 aromatic heterocycles. The summed E-state index contributed by atoms with van der Waals surface area (Å²) < 4.78 is 0.781. The highest BCUT2D eigenvalue weighted by molar-refractivity contribution is 8.01. The number of carbonyl (C=O) groups is 2. The normalized spacial score (nSPS) is 10.7. The Balaban J connectivity index is 1.49. The highest BCUT2D eigenvalue weighted by Gasteiger charge is 2.12. The number of nitrogens with one attached hydrogen (secondary N) is 1. The van der Waals surface area contributed by atoms with Crippen molar-refractivity contribution >= 4 is 51.3 Å². The molecule has 0 spiro atoms. The lowest BCUT2D eigenvalue weighted by molar-refractivity contribution is -0.115. The molecule has 0 aliphatic carbocycles. The zero-order valence-corrected chi connectivity index (χ0v) is 17.3. The maximum atomic E-state index is 12.3. The van der Waals surface area contributed by atoms with E-state index in [1.165, 1.54) is 40.0 Å². The molecule has 1 N–H and O–H groups in total. The van der Waals surface area contributed by atoms with Gasteiger partial charge in [0.1, 0.15) is 5.01 Å². The molecule has 1 aromatic carbocycles. The molecule has 2 heterocycles. The van der Waals surface area contributed by atoms with Gasteiger partial charge in [0.25, 0.3) is 0 Å². The number of amides is 1. The standard InChI is InChI=1S/C18H18N4O2S3/c1-3-12-4-6-13(7-5-12)15(23)10-26-18-19-14(9-25-18)8-16(24)20-17-22-21-11(2)27-17/h4-7,9H,3,8,10H2,1-2H3,(H,20,22,24). The van der Waals surface area contributed by atoms with Gasteiger partial charge in [-0.05, 0) is 18.9 Å². The molecule has 0 aliphatic heterocycles. The van der Waals surface area contributed by atoms with Crippen molar-refractivity contribution in [2.24, 2.45) is 0 Å². The number of rotatable bonds is 8. The van der Waals surface area contributed by atoms with Crippen LogP contribution in [0.1, 0.15) is 33.5 Å². The second-order valence-electron chi connectivity index (χ2n) is 5.72. The monoisotopic (exact) mass is 418 g/mol. The van der Waals surface area contributed by atoms with Crippen LogP contribution in [0.2, 0.25) is 0 Å². The van der Waals surface area contributed by atoms with Crippen molar-refractivity contribution in [2.45, 2.75) is 31.0 Å². The van der Waals surface area contributed by atoms with Crippen molar-refractivity contribution in [3.63, 3.8) is 0 Å². The number of hydrogen-bond donors (Lipinski definition) is 1.